The lowest BCUT2D eigenvalue weighted by Crippen LogP contribution is -2.16. The summed E-state index contributed by atoms with van der Waals surface area (Å²) in [4.78, 5) is 22.9. The van der Waals surface area contributed by atoms with Gasteiger partial charge in [0, 0.05) is 22.9 Å². The summed E-state index contributed by atoms with van der Waals surface area (Å²) in [7, 11) is 0. The SMILES string of the molecule is NC(=O)c1ccccc1C(=O)CCCCBr. The van der Waals surface area contributed by atoms with Gasteiger partial charge < -0.3 is 5.73 Å². The molecular weight excluding hydrogens is 270 g/mol. The third-order valence-corrected chi connectivity index (χ3v) is 2.84. The molecule has 4 heteroatoms. The molecule has 0 unspecified atom stereocenters. The van der Waals surface area contributed by atoms with Crippen molar-refractivity contribution in [3.05, 3.63) is 35.4 Å². The largest absolute Gasteiger partial charge is 0.366 e. The highest BCUT2D eigenvalue weighted by Crippen LogP contribution is 2.12. The third kappa shape index (κ3) is 3.45. The van der Waals surface area contributed by atoms with Crippen LogP contribution in [0.2, 0.25) is 0 Å². The summed E-state index contributed by atoms with van der Waals surface area (Å²) in [6.07, 6.45) is 2.22. The number of halogens is 1. The molecule has 1 aromatic rings. The lowest BCUT2D eigenvalue weighted by molar-refractivity contribution is 0.0955. The van der Waals surface area contributed by atoms with Crippen molar-refractivity contribution >= 4 is 27.6 Å². The molecule has 0 saturated carbocycles. The third-order valence-electron chi connectivity index (χ3n) is 2.28. The van der Waals surface area contributed by atoms with Crippen molar-refractivity contribution < 1.29 is 9.59 Å². The van der Waals surface area contributed by atoms with Gasteiger partial charge in [0.05, 0.1) is 0 Å². The van der Waals surface area contributed by atoms with Gasteiger partial charge in [-0.05, 0) is 18.9 Å². The number of rotatable bonds is 6. The Labute approximate surface area is 103 Å². The average Bonchev–Trinajstić information content (AvgIpc) is 2.29. The summed E-state index contributed by atoms with van der Waals surface area (Å²) >= 11 is 3.31. The van der Waals surface area contributed by atoms with Crippen LogP contribution >= 0.6 is 15.9 Å². The van der Waals surface area contributed by atoms with E-state index in [1.807, 2.05) is 0 Å². The highest BCUT2D eigenvalue weighted by molar-refractivity contribution is 9.09. The minimum absolute atomic E-state index is 0.0182. The van der Waals surface area contributed by atoms with Crippen molar-refractivity contribution in [3.8, 4) is 0 Å². The molecule has 3 nitrogen and oxygen atoms in total. The fourth-order valence-corrected chi connectivity index (χ4v) is 1.85. The minimum Gasteiger partial charge on any atom is -0.366 e. The Balaban J connectivity index is 2.78. The number of benzene rings is 1. The predicted molar refractivity (Wildman–Crippen MR) is 66.9 cm³/mol. The van der Waals surface area contributed by atoms with Crippen molar-refractivity contribution in [1.29, 1.82) is 0 Å². The van der Waals surface area contributed by atoms with Gasteiger partial charge in [-0.3, -0.25) is 9.59 Å². The molecule has 0 radical (unpaired) electrons. The van der Waals surface area contributed by atoms with Crippen LogP contribution in [0.3, 0.4) is 0 Å². The number of nitrogens with two attached hydrogens (primary N) is 1. The number of unbranched alkanes of at least 4 members (excludes halogenated alkanes) is 1. The van der Waals surface area contributed by atoms with Crippen molar-refractivity contribution in [2.24, 2.45) is 5.73 Å². The van der Waals surface area contributed by atoms with E-state index in [0.717, 1.165) is 18.2 Å². The molecule has 0 saturated heterocycles. The van der Waals surface area contributed by atoms with Gasteiger partial charge in [0.25, 0.3) is 0 Å². The lowest BCUT2D eigenvalue weighted by atomic mass is 10.00. The Morgan fingerprint density at radius 2 is 1.75 bits per heavy atom. The van der Waals surface area contributed by atoms with E-state index in [0.29, 0.717) is 17.5 Å². The topological polar surface area (TPSA) is 60.2 Å². The number of carbonyl (C=O) groups is 2. The number of amides is 1. The quantitative estimate of drug-likeness (QED) is 0.495. The first-order chi connectivity index (χ1) is 7.66. The number of carbonyl (C=O) groups excluding carboxylic acids is 2. The van der Waals surface area contributed by atoms with Crippen molar-refractivity contribution in [1.82, 2.24) is 0 Å². The van der Waals surface area contributed by atoms with Crippen LogP contribution in [-0.2, 0) is 0 Å². The molecule has 1 aromatic carbocycles. The summed E-state index contributed by atoms with van der Waals surface area (Å²) in [5.74, 6) is -0.570. The zero-order chi connectivity index (χ0) is 12.0. The van der Waals surface area contributed by atoms with Gasteiger partial charge in [-0.1, -0.05) is 34.1 Å². The summed E-state index contributed by atoms with van der Waals surface area (Å²) in [6.45, 7) is 0. The fraction of sp³-hybridized carbons (Fsp3) is 0.333. The molecule has 0 bridgehead atoms. The summed E-state index contributed by atoms with van der Waals surface area (Å²) in [6, 6.07) is 6.68. The normalized spacial score (nSPS) is 10.1. The molecule has 0 atom stereocenters. The van der Waals surface area contributed by atoms with E-state index >= 15 is 0 Å². The summed E-state index contributed by atoms with van der Waals surface area (Å²) in [5.41, 5.74) is 5.95. The number of primary amides is 1. The van der Waals surface area contributed by atoms with Gasteiger partial charge in [0.15, 0.2) is 5.78 Å². The van der Waals surface area contributed by atoms with Gasteiger partial charge >= 0.3 is 0 Å². The highest BCUT2D eigenvalue weighted by Gasteiger charge is 2.13. The molecule has 86 valence electrons. The Morgan fingerprint density at radius 3 is 2.31 bits per heavy atom. The van der Waals surface area contributed by atoms with Crippen molar-refractivity contribution in [2.75, 3.05) is 5.33 Å². The standard InChI is InChI=1S/C12H14BrNO2/c13-8-4-3-7-11(15)9-5-1-2-6-10(9)12(14)16/h1-2,5-6H,3-4,7-8H2,(H2,14,16). The first kappa shape index (κ1) is 12.9. The van der Waals surface area contributed by atoms with E-state index < -0.39 is 5.91 Å². The second-order valence-corrected chi connectivity index (χ2v) is 4.27. The van der Waals surface area contributed by atoms with Crippen molar-refractivity contribution in [2.45, 2.75) is 19.3 Å². The van der Waals surface area contributed by atoms with E-state index in [9.17, 15) is 9.59 Å². The Bertz CT molecular complexity index is 390. The van der Waals surface area contributed by atoms with Crippen LogP contribution < -0.4 is 5.73 Å². The zero-order valence-electron chi connectivity index (χ0n) is 8.91. The van der Waals surface area contributed by atoms with Crippen LogP contribution in [-0.4, -0.2) is 17.0 Å². The Morgan fingerprint density at radius 1 is 1.12 bits per heavy atom. The molecule has 2 N–H and O–H groups in total. The molecule has 0 aliphatic carbocycles. The molecule has 0 heterocycles. The number of ketones is 1. The molecule has 0 spiro atoms. The maximum Gasteiger partial charge on any atom is 0.249 e. The molecule has 0 aliphatic heterocycles. The van der Waals surface area contributed by atoms with Crippen LogP contribution in [0.4, 0.5) is 0 Å². The maximum atomic E-state index is 11.8. The van der Waals surface area contributed by atoms with E-state index in [1.165, 1.54) is 0 Å². The highest BCUT2D eigenvalue weighted by atomic mass is 79.9. The smallest absolute Gasteiger partial charge is 0.249 e. The second kappa shape index (κ2) is 6.43. The summed E-state index contributed by atoms with van der Waals surface area (Å²) in [5, 5.41) is 0.887. The molecule has 1 amide bonds. The van der Waals surface area contributed by atoms with E-state index in [2.05, 4.69) is 15.9 Å². The van der Waals surface area contributed by atoms with Gasteiger partial charge in [-0.2, -0.15) is 0 Å². The first-order valence-corrected chi connectivity index (χ1v) is 6.27. The van der Waals surface area contributed by atoms with E-state index in [4.69, 9.17) is 5.73 Å². The van der Waals surface area contributed by atoms with Crippen molar-refractivity contribution in [3.63, 3.8) is 0 Å². The van der Waals surface area contributed by atoms with Crippen LogP contribution in [0.25, 0.3) is 0 Å². The maximum absolute atomic E-state index is 11.8. The number of hydrogen-bond donors (Lipinski definition) is 1. The van der Waals surface area contributed by atoms with E-state index in [1.54, 1.807) is 24.3 Å². The first-order valence-electron chi connectivity index (χ1n) is 5.15. The van der Waals surface area contributed by atoms with Gasteiger partial charge in [-0.25, -0.2) is 0 Å². The average molecular weight is 284 g/mol. The molecule has 0 aliphatic rings. The number of hydrogen-bond acceptors (Lipinski definition) is 2. The lowest BCUT2D eigenvalue weighted by Gasteiger charge is -2.04. The minimum atomic E-state index is -0.551. The van der Waals surface area contributed by atoms with Crippen LogP contribution in [0.15, 0.2) is 24.3 Å². The van der Waals surface area contributed by atoms with Gasteiger partial charge in [0.2, 0.25) is 5.91 Å². The zero-order valence-corrected chi connectivity index (χ0v) is 10.5. The molecule has 0 aromatic heterocycles. The van der Waals surface area contributed by atoms with Crippen LogP contribution in [0.5, 0.6) is 0 Å². The van der Waals surface area contributed by atoms with E-state index in [-0.39, 0.29) is 5.78 Å². The molecule has 1 rings (SSSR count). The van der Waals surface area contributed by atoms with Gasteiger partial charge in [0.1, 0.15) is 0 Å². The fourth-order valence-electron chi connectivity index (χ4n) is 1.46. The molecule has 0 fully saturated rings. The molecular formula is C12H14BrNO2. The monoisotopic (exact) mass is 283 g/mol. The Kier molecular flexibility index (Phi) is 5.19. The van der Waals surface area contributed by atoms with Crippen LogP contribution in [0.1, 0.15) is 40.0 Å². The predicted octanol–water partition coefficient (Wildman–Crippen LogP) is 2.53. The number of alkyl halides is 1. The van der Waals surface area contributed by atoms with Gasteiger partial charge in [-0.15, -0.1) is 0 Å². The number of Topliss-reactive ketones (excluding diaryl/α,β-unsaturated/α-hetero) is 1. The second-order valence-electron chi connectivity index (χ2n) is 3.48. The van der Waals surface area contributed by atoms with Crippen LogP contribution in [0, 0.1) is 0 Å². The molecule has 16 heavy (non-hydrogen) atoms. The Hall–Kier alpha value is -1.16. The summed E-state index contributed by atoms with van der Waals surface area (Å²) < 4.78 is 0.